The molecule has 7 heteroatoms. The van der Waals surface area contributed by atoms with Gasteiger partial charge in [0.1, 0.15) is 34.6 Å². The summed E-state index contributed by atoms with van der Waals surface area (Å²) in [6, 6.07) is 21.8. The minimum atomic E-state index is -0.542. The lowest BCUT2D eigenvalue weighted by molar-refractivity contribution is -0.128. The Bertz CT molecular complexity index is 1300. The molecule has 0 radical (unpaired) electrons. The molecule has 2 N–H and O–H groups in total. The third-order valence-corrected chi connectivity index (χ3v) is 5.39. The Morgan fingerprint density at radius 3 is 2.21 bits per heavy atom. The van der Waals surface area contributed by atoms with Crippen molar-refractivity contribution >= 4 is 12.0 Å². The van der Waals surface area contributed by atoms with Gasteiger partial charge >= 0.3 is 5.97 Å². The fourth-order valence-corrected chi connectivity index (χ4v) is 3.67. The van der Waals surface area contributed by atoms with Crippen LogP contribution in [-0.4, -0.2) is 20.2 Å². The van der Waals surface area contributed by atoms with Gasteiger partial charge in [-0.25, -0.2) is 4.79 Å². The van der Waals surface area contributed by atoms with Crippen LogP contribution in [0.25, 0.3) is 6.08 Å². The van der Waals surface area contributed by atoms with Crippen LogP contribution in [0.1, 0.15) is 22.6 Å². The van der Waals surface area contributed by atoms with E-state index in [1.807, 2.05) is 36.4 Å². The monoisotopic (exact) mass is 454 g/mol. The van der Waals surface area contributed by atoms with Crippen molar-refractivity contribution in [3.05, 3.63) is 101 Å². The van der Waals surface area contributed by atoms with Gasteiger partial charge in [0.05, 0.1) is 20.1 Å². The number of carbonyl (C=O) groups excluding carboxylic acids is 1. The maximum Gasteiger partial charge on any atom is 0.336 e. The third-order valence-electron chi connectivity index (χ3n) is 5.39. The van der Waals surface area contributed by atoms with E-state index in [0.717, 1.165) is 22.4 Å². The highest BCUT2D eigenvalue weighted by atomic mass is 16.5. The van der Waals surface area contributed by atoms with Gasteiger partial charge in [-0.3, -0.25) is 0 Å². The largest absolute Gasteiger partial charge is 0.497 e. The zero-order valence-electron chi connectivity index (χ0n) is 18.6. The number of allylic oxidation sites excluding steroid dienone is 1. The molecule has 1 atom stereocenters. The molecule has 0 aliphatic carbocycles. The Kier molecular flexibility index (Phi) is 6.51. The molecule has 0 aromatic heterocycles. The minimum Gasteiger partial charge on any atom is -0.497 e. The number of nitrogens with zero attached hydrogens (tertiary/aromatic N) is 1. The molecule has 1 aliphatic heterocycles. The van der Waals surface area contributed by atoms with Crippen molar-refractivity contribution in [1.82, 2.24) is 0 Å². The lowest BCUT2D eigenvalue weighted by atomic mass is 9.83. The summed E-state index contributed by atoms with van der Waals surface area (Å²) in [6.45, 7) is 0. The molecule has 3 aromatic rings. The Hall–Kier alpha value is -4.70. The number of ether oxygens (including phenoxy) is 4. The second kappa shape index (κ2) is 9.84. The number of rotatable bonds is 6. The van der Waals surface area contributed by atoms with Crippen molar-refractivity contribution in [2.45, 2.75) is 5.92 Å². The number of nitrogens with two attached hydrogens (primary N) is 1. The first kappa shape index (κ1) is 22.5. The Balaban J connectivity index is 1.56. The molecule has 7 nitrogen and oxygen atoms in total. The van der Waals surface area contributed by atoms with Gasteiger partial charge in [0, 0.05) is 17.7 Å². The lowest BCUT2D eigenvalue weighted by Gasteiger charge is -2.26. The molecule has 1 unspecified atom stereocenters. The van der Waals surface area contributed by atoms with Gasteiger partial charge in [-0.05, 0) is 47.5 Å². The molecule has 34 heavy (non-hydrogen) atoms. The highest BCUT2D eigenvalue weighted by molar-refractivity contribution is 5.88. The number of nitriles is 1. The van der Waals surface area contributed by atoms with Gasteiger partial charge in [0.15, 0.2) is 0 Å². The molecule has 0 saturated carbocycles. The number of carbonyl (C=O) groups is 1. The van der Waals surface area contributed by atoms with E-state index >= 15 is 0 Å². The average molecular weight is 454 g/mol. The molecule has 1 aliphatic rings. The van der Waals surface area contributed by atoms with Gasteiger partial charge < -0.3 is 24.7 Å². The number of benzene rings is 3. The van der Waals surface area contributed by atoms with Gasteiger partial charge in [0.25, 0.3) is 0 Å². The summed E-state index contributed by atoms with van der Waals surface area (Å²) in [4.78, 5) is 12.3. The first-order valence-corrected chi connectivity index (χ1v) is 10.4. The fraction of sp³-hybridized carbons (Fsp3) is 0.111. The van der Waals surface area contributed by atoms with E-state index in [1.165, 1.54) is 6.08 Å². The van der Waals surface area contributed by atoms with E-state index < -0.39 is 11.9 Å². The van der Waals surface area contributed by atoms with Crippen molar-refractivity contribution < 1.29 is 23.7 Å². The lowest BCUT2D eigenvalue weighted by Crippen LogP contribution is -2.21. The SMILES string of the molecule is COc1ccc(/C=C/C(=O)Oc2ccc3c(c2)OC(N)=C(C#N)C3c2ccc(OC)cc2)cc1. The predicted molar refractivity (Wildman–Crippen MR) is 126 cm³/mol. The van der Waals surface area contributed by atoms with Gasteiger partial charge in [-0.15, -0.1) is 0 Å². The van der Waals surface area contributed by atoms with Crippen LogP contribution < -0.4 is 24.7 Å². The Morgan fingerprint density at radius 1 is 0.971 bits per heavy atom. The molecule has 1 heterocycles. The molecule has 0 saturated heterocycles. The number of methoxy groups -OCH3 is 2. The normalized spacial score (nSPS) is 14.7. The summed E-state index contributed by atoms with van der Waals surface area (Å²) < 4.78 is 21.5. The van der Waals surface area contributed by atoms with Gasteiger partial charge in [-0.1, -0.05) is 30.3 Å². The maximum absolute atomic E-state index is 12.3. The standard InChI is InChI=1S/C27H22N2O5/c1-31-19-8-3-17(4-9-19)5-14-25(30)33-21-12-13-22-24(15-21)34-27(29)23(16-28)26(22)18-6-10-20(32-2)11-7-18/h3-15,26H,29H2,1-2H3/b14-5+. The number of hydrogen-bond acceptors (Lipinski definition) is 7. The van der Waals surface area contributed by atoms with Crippen LogP contribution in [0.15, 0.2) is 84.3 Å². The second-order valence-corrected chi connectivity index (χ2v) is 7.43. The molecular weight excluding hydrogens is 432 g/mol. The van der Waals surface area contributed by atoms with E-state index in [4.69, 9.17) is 24.7 Å². The van der Waals surface area contributed by atoms with E-state index in [0.29, 0.717) is 22.8 Å². The molecular formula is C27H22N2O5. The quantitative estimate of drug-likeness (QED) is 0.331. The summed E-state index contributed by atoms with van der Waals surface area (Å²) in [5.74, 6) is 1.20. The number of hydrogen-bond donors (Lipinski definition) is 1. The minimum absolute atomic E-state index is 0.0127. The van der Waals surface area contributed by atoms with Crippen LogP contribution in [0.4, 0.5) is 0 Å². The van der Waals surface area contributed by atoms with E-state index in [-0.39, 0.29) is 5.88 Å². The van der Waals surface area contributed by atoms with E-state index in [2.05, 4.69) is 6.07 Å². The van der Waals surface area contributed by atoms with Crippen LogP contribution in [0, 0.1) is 11.3 Å². The van der Waals surface area contributed by atoms with Crippen molar-refractivity contribution in [3.63, 3.8) is 0 Å². The molecule has 0 amide bonds. The van der Waals surface area contributed by atoms with E-state index in [9.17, 15) is 10.1 Å². The molecule has 170 valence electrons. The van der Waals surface area contributed by atoms with Crippen LogP contribution in [0.2, 0.25) is 0 Å². The Morgan fingerprint density at radius 2 is 1.59 bits per heavy atom. The second-order valence-electron chi connectivity index (χ2n) is 7.43. The number of fused-ring (bicyclic) bond motifs is 1. The van der Waals surface area contributed by atoms with Crippen molar-refractivity contribution in [2.24, 2.45) is 5.73 Å². The summed E-state index contributed by atoms with van der Waals surface area (Å²) >= 11 is 0. The zero-order valence-corrected chi connectivity index (χ0v) is 18.6. The molecule has 0 fully saturated rings. The average Bonchev–Trinajstić information content (AvgIpc) is 2.87. The van der Waals surface area contributed by atoms with E-state index in [1.54, 1.807) is 50.6 Å². The van der Waals surface area contributed by atoms with Crippen LogP contribution >= 0.6 is 0 Å². The zero-order chi connectivity index (χ0) is 24.1. The molecule has 0 bridgehead atoms. The first-order valence-electron chi connectivity index (χ1n) is 10.4. The predicted octanol–water partition coefficient (Wildman–Crippen LogP) is 4.54. The fourth-order valence-electron chi connectivity index (χ4n) is 3.67. The third kappa shape index (κ3) is 4.71. The molecule has 3 aromatic carbocycles. The van der Waals surface area contributed by atoms with Crippen LogP contribution in [0.5, 0.6) is 23.0 Å². The van der Waals surface area contributed by atoms with Crippen molar-refractivity contribution in [1.29, 1.82) is 5.26 Å². The Labute approximate surface area is 197 Å². The van der Waals surface area contributed by atoms with Gasteiger partial charge in [-0.2, -0.15) is 5.26 Å². The van der Waals surface area contributed by atoms with Crippen molar-refractivity contribution in [3.8, 4) is 29.1 Å². The van der Waals surface area contributed by atoms with Gasteiger partial charge in [0.2, 0.25) is 5.88 Å². The summed E-state index contributed by atoms with van der Waals surface area (Å²) in [7, 11) is 3.18. The highest BCUT2D eigenvalue weighted by Gasteiger charge is 2.31. The summed E-state index contributed by atoms with van der Waals surface area (Å²) in [6.07, 6.45) is 2.99. The summed E-state index contributed by atoms with van der Waals surface area (Å²) in [5, 5.41) is 9.70. The maximum atomic E-state index is 12.3. The topological polar surface area (TPSA) is 104 Å². The number of esters is 1. The van der Waals surface area contributed by atoms with Crippen LogP contribution in [-0.2, 0) is 4.79 Å². The highest BCUT2D eigenvalue weighted by Crippen LogP contribution is 2.43. The van der Waals surface area contributed by atoms with Crippen LogP contribution in [0.3, 0.4) is 0 Å². The van der Waals surface area contributed by atoms with Crippen molar-refractivity contribution in [2.75, 3.05) is 14.2 Å². The first-order chi connectivity index (χ1) is 16.5. The smallest absolute Gasteiger partial charge is 0.336 e. The summed E-state index contributed by atoms with van der Waals surface area (Å²) in [5.41, 5.74) is 8.79. The molecule has 4 rings (SSSR count). The molecule has 0 spiro atoms.